The second kappa shape index (κ2) is 6.90. The highest BCUT2D eigenvalue weighted by atomic mass is 19.1. The zero-order valence-corrected chi connectivity index (χ0v) is 12.4. The monoisotopic (exact) mass is 282 g/mol. The number of ether oxygens (including phenoxy) is 2. The first-order valence-corrected chi connectivity index (χ1v) is 6.97. The van der Waals surface area contributed by atoms with Crippen LogP contribution in [0.15, 0.2) is 12.1 Å². The van der Waals surface area contributed by atoms with E-state index in [1.54, 1.807) is 27.2 Å². The molecule has 1 saturated heterocycles. The summed E-state index contributed by atoms with van der Waals surface area (Å²) in [6.07, 6.45) is -1.02. The molecule has 0 saturated carbocycles. The molecule has 0 aliphatic carbocycles. The molecule has 1 atom stereocenters. The smallest absolute Gasteiger partial charge is 0.161 e. The second-order valence-electron chi connectivity index (χ2n) is 5.05. The largest absolute Gasteiger partial charge is 0.493 e. The van der Waals surface area contributed by atoms with Gasteiger partial charge in [-0.1, -0.05) is 0 Å². The second-order valence-corrected chi connectivity index (χ2v) is 5.05. The molecule has 1 aliphatic heterocycles. The van der Waals surface area contributed by atoms with Crippen LogP contribution in [0.2, 0.25) is 0 Å². The summed E-state index contributed by atoms with van der Waals surface area (Å²) in [6.45, 7) is 6.22. The highest BCUT2D eigenvalue weighted by molar-refractivity contribution is 5.48. The van der Waals surface area contributed by atoms with Crippen molar-refractivity contribution in [2.45, 2.75) is 19.6 Å². The van der Waals surface area contributed by atoms with Gasteiger partial charge in [0.15, 0.2) is 11.5 Å². The molecule has 20 heavy (non-hydrogen) atoms. The molecule has 1 aromatic rings. The molecular formula is C15H23FN2O2. The van der Waals surface area contributed by atoms with E-state index in [-0.39, 0.29) is 0 Å². The van der Waals surface area contributed by atoms with Gasteiger partial charge in [-0.2, -0.15) is 0 Å². The van der Waals surface area contributed by atoms with E-state index < -0.39 is 6.17 Å². The number of methoxy groups -OCH3 is 2. The molecule has 1 aliphatic rings. The fraction of sp³-hybridized carbons (Fsp3) is 0.600. The van der Waals surface area contributed by atoms with Gasteiger partial charge in [-0.15, -0.1) is 0 Å². The van der Waals surface area contributed by atoms with E-state index in [1.165, 1.54) is 0 Å². The fourth-order valence-corrected chi connectivity index (χ4v) is 2.55. The average Bonchev–Trinajstić information content (AvgIpc) is 2.47. The Labute approximate surface area is 119 Å². The van der Waals surface area contributed by atoms with Crippen LogP contribution in [-0.4, -0.2) is 45.3 Å². The SMILES string of the molecule is COc1cc(CN2CCNCC2)c(C(C)F)cc1OC. The van der Waals surface area contributed by atoms with E-state index in [9.17, 15) is 4.39 Å². The van der Waals surface area contributed by atoms with Crippen molar-refractivity contribution in [3.63, 3.8) is 0 Å². The summed E-state index contributed by atoms with van der Waals surface area (Å²) in [5.41, 5.74) is 1.65. The number of halogens is 1. The number of piperazine rings is 1. The van der Waals surface area contributed by atoms with Gasteiger partial charge < -0.3 is 14.8 Å². The predicted octanol–water partition coefficient (Wildman–Crippen LogP) is 2.14. The molecule has 0 radical (unpaired) electrons. The third-order valence-corrected chi connectivity index (χ3v) is 3.68. The molecule has 0 amide bonds. The predicted molar refractivity (Wildman–Crippen MR) is 77.2 cm³/mol. The number of nitrogens with one attached hydrogen (secondary N) is 1. The molecule has 4 nitrogen and oxygen atoms in total. The highest BCUT2D eigenvalue weighted by Crippen LogP contribution is 2.34. The van der Waals surface area contributed by atoms with Gasteiger partial charge in [-0.25, -0.2) is 4.39 Å². The minimum absolute atomic E-state index is 0.580. The maximum Gasteiger partial charge on any atom is 0.161 e. The van der Waals surface area contributed by atoms with E-state index in [4.69, 9.17) is 9.47 Å². The molecule has 1 unspecified atom stereocenters. The summed E-state index contributed by atoms with van der Waals surface area (Å²) in [5.74, 6) is 1.23. The number of nitrogens with zero attached hydrogens (tertiary/aromatic N) is 1. The van der Waals surface area contributed by atoms with E-state index in [1.807, 2.05) is 6.07 Å². The minimum Gasteiger partial charge on any atom is -0.493 e. The summed E-state index contributed by atoms with van der Waals surface area (Å²) in [4.78, 5) is 2.32. The first kappa shape index (κ1) is 15.1. The average molecular weight is 282 g/mol. The molecule has 5 heteroatoms. The lowest BCUT2D eigenvalue weighted by Crippen LogP contribution is -2.43. The van der Waals surface area contributed by atoms with Crippen LogP contribution in [0.3, 0.4) is 0 Å². The molecule has 1 heterocycles. The van der Waals surface area contributed by atoms with Crippen LogP contribution < -0.4 is 14.8 Å². The maximum atomic E-state index is 13.9. The van der Waals surface area contributed by atoms with Gasteiger partial charge in [0, 0.05) is 32.7 Å². The Bertz CT molecular complexity index is 446. The number of alkyl halides is 1. The quantitative estimate of drug-likeness (QED) is 0.897. The molecular weight excluding hydrogens is 259 g/mol. The highest BCUT2D eigenvalue weighted by Gasteiger charge is 2.18. The number of hydrogen-bond acceptors (Lipinski definition) is 4. The maximum absolute atomic E-state index is 13.9. The number of rotatable bonds is 5. The van der Waals surface area contributed by atoms with E-state index in [2.05, 4.69) is 10.2 Å². The van der Waals surface area contributed by atoms with E-state index in [0.717, 1.165) is 38.3 Å². The van der Waals surface area contributed by atoms with Crippen LogP contribution in [0.4, 0.5) is 4.39 Å². The lowest BCUT2D eigenvalue weighted by Gasteiger charge is -2.28. The van der Waals surface area contributed by atoms with Crippen LogP contribution >= 0.6 is 0 Å². The first-order chi connectivity index (χ1) is 9.65. The van der Waals surface area contributed by atoms with Gasteiger partial charge in [0.05, 0.1) is 14.2 Å². The Balaban J connectivity index is 2.28. The molecule has 1 fully saturated rings. The summed E-state index contributed by atoms with van der Waals surface area (Å²) < 4.78 is 24.5. The zero-order valence-electron chi connectivity index (χ0n) is 12.4. The van der Waals surface area contributed by atoms with Crippen LogP contribution in [0.25, 0.3) is 0 Å². The van der Waals surface area contributed by atoms with Crippen LogP contribution in [0, 0.1) is 0 Å². The summed E-state index contributed by atoms with van der Waals surface area (Å²) in [5, 5.41) is 3.32. The van der Waals surface area contributed by atoms with Crippen molar-refractivity contribution in [1.29, 1.82) is 0 Å². The lowest BCUT2D eigenvalue weighted by atomic mass is 10.0. The molecule has 0 spiro atoms. The third kappa shape index (κ3) is 3.41. The normalized spacial score (nSPS) is 17.8. The van der Waals surface area contributed by atoms with Crippen molar-refractivity contribution in [2.24, 2.45) is 0 Å². The summed E-state index contributed by atoms with van der Waals surface area (Å²) in [6, 6.07) is 3.65. The van der Waals surface area contributed by atoms with Gasteiger partial charge in [-0.3, -0.25) is 4.90 Å². The van der Waals surface area contributed by atoms with Crippen LogP contribution in [0.1, 0.15) is 24.2 Å². The molecule has 112 valence electrons. The summed E-state index contributed by atoms with van der Waals surface area (Å²) >= 11 is 0. The Hall–Kier alpha value is -1.33. The first-order valence-electron chi connectivity index (χ1n) is 6.97. The zero-order chi connectivity index (χ0) is 14.5. The third-order valence-electron chi connectivity index (χ3n) is 3.68. The van der Waals surface area contributed by atoms with Crippen molar-refractivity contribution in [3.8, 4) is 11.5 Å². The van der Waals surface area contributed by atoms with Crippen molar-refractivity contribution in [3.05, 3.63) is 23.3 Å². The lowest BCUT2D eigenvalue weighted by molar-refractivity contribution is 0.230. The minimum atomic E-state index is -1.02. The van der Waals surface area contributed by atoms with Gasteiger partial charge in [0.1, 0.15) is 6.17 Å². The number of benzene rings is 1. The topological polar surface area (TPSA) is 33.7 Å². The van der Waals surface area contributed by atoms with Crippen molar-refractivity contribution in [1.82, 2.24) is 10.2 Å². The van der Waals surface area contributed by atoms with Crippen molar-refractivity contribution in [2.75, 3.05) is 40.4 Å². The molecule has 0 bridgehead atoms. The molecule has 1 N–H and O–H groups in total. The summed E-state index contributed by atoms with van der Waals surface area (Å²) in [7, 11) is 3.17. The Morgan fingerprint density at radius 1 is 1.20 bits per heavy atom. The molecule has 0 aromatic heterocycles. The van der Waals surface area contributed by atoms with E-state index >= 15 is 0 Å². The van der Waals surface area contributed by atoms with Gasteiger partial charge >= 0.3 is 0 Å². The van der Waals surface area contributed by atoms with Gasteiger partial charge in [0.25, 0.3) is 0 Å². The number of hydrogen-bond donors (Lipinski definition) is 1. The van der Waals surface area contributed by atoms with Gasteiger partial charge in [0.2, 0.25) is 0 Å². The fourth-order valence-electron chi connectivity index (χ4n) is 2.55. The van der Waals surface area contributed by atoms with E-state index in [0.29, 0.717) is 17.1 Å². The van der Waals surface area contributed by atoms with Crippen LogP contribution in [0.5, 0.6) is 11.5 Å². The van der Waals surface area contributed by atoms with Crippen molar-refractivity contribution >= 4 is 0 Å². The standard InChI is InChI=1S/C15H23FN2O2/c1-11(16)13-9-15(20-3)14(19-2)8-12(13)10-18-6-4-17-5-7-18/h8-9,11,17H,4-7,10H2,1-3H3. The van der Waals surface area contributed by atoms with Crippen LogP contribution in [-0.2, 0) is 6.54 Å². The Morgan fingerprint density at radius 2 is 1.80 bits per heavy atom. The van der Waals surface area contributed by atoms with Gasteiger partial charge in [-0.05, 0) is 30.2 Å². The van der Waals surface area contributed by atoms with Crippen molar-refractivity contribution < 1.29 is 13.9 Å². The molecule has 1 aromatic carbocycles. The Morgan fingerprint density at radius 3 is 2.35 bits per heavy atom. The Kier molecular flexibility index (Phi) is 5.20. The molecule has 2 rings (SSSR count).